The van der Waals surface area contributed by atoms with E-state index in [0.717, 1.165) is 24.8 Å². The van der Waals surface area contributed by atoms with Gasteiger partial charge in [0.15, 0.2) is 0 Å². The molecule has 0 radical (unpaired) electrons. The Morgan fingerprint density at radius 1 is 1.71 bits per heavy atom. The normalized spacial score (nSPS) is 22.2. The lowest BCUT2D eigenvalue weighted by molar-refractivity contribution is 0.434. The van der Waals surface area contributed by atoms with Crippen LogP contribution in [0.15, 0.2) is 5.51 Å². The first-order chi connectivity index (χ1) is 6.92. The van der Waals surface area contributed by atoms with E-state index in [1.165, 1.54) is 12.8 Å². The van der Waals surface area contributed by atoms with E-state index < -0.39 is 0 Å². The predicted octanol–water partition coefficient (Wildman–Crippen LogP) is 1.12. The summed E-state index contributed by atoms with van der Waals surface area (Å²) in [6.45, 7) is 5.43. The van der Waals surface area contributed by atoms with Crippen LogP contribution in [-0.2, 0) is 0 Å². The van der Waals surface area contributed by atoms with Gasteiger partial charge in [-0.2, -0.15) is 0 Å². The maximum absolute atomic E-state index is 4.13. The van der Waals surface area contributed by atoms with Crippen LogP contribution in [0.2, 0.25) is 0 Å². The Morgan fingerprint density at radius 2 is 2.64 bits per heavy atom. The smallest absolute Gasteiger partial charge is 0.208 e. The third-order valence-electron chi connectivity index (χ3n) is 2.65. The van der Waals surface area contributed by atoms with Crippen LogP contribution in [0.1, 0.15) is 19.8 Å². The van der Waals surface area contributed by atoms with Crippen LogP contribution in [0, 0.1) is 0 Å². The molecule has 2 heterocycles. The molecule has 0 aromatic carbocycles. The number of likely N-dealkylation sites (N-methyl/N-ethyl adjacent to an activating group) is 1. The molecule has 14 heavy (non-hydrogen) atoms. The zero-order chi connectivity index (χ0) is 9.80. The Balaban J connectivity index is 2.04. The molecular formula is C9H16N4S. The number of aromatic nitrogens is 2. The lowest BCUT2D eigenvalue weighted by Crippen LogP contribution is -2.46. The summed E-state index contributed by atoms with van der Waals surface area (Å²) < 4.78 is 0. The number of nitrogens with zero attached hydrogens (tertiary/aromatic N) is 3. The summed E-state index contributed by atoms with van der Waals surface area (Å²) in [4.78, 5) is 2.35. The molecule has 0 saturated carbocycles. The van der Waals surface area contributed by atoms with Crippen molar-refractivity contribution >= 4 is 16.5 Å². The Bertz CT molecular complexity index is 256. The highest BCUT2D eigenvalue weighted by Crippen LogP contribution is 2.21. The van der Waals surface area contributed by atoms with E-state index in [-0.39, 0.29) is 0 Å². The average molecular weight is 212 g/mol. The van der Waals surface area contributed by atoms with Crippen molar-refractivity contribution in [1.29, 1.82) is 0 Å². The summed E-state index contributed by atoms with van der Waals surface area (Å²) in [6.07, 6.45) is 2.53. The lowest BCUT2D eigenvalue weighted by atomic mass is 10.1. The summed E-state index contributed by atoms with van der Waals surface area (Å²) >= 11 is 1.63. The van der Waals surface area contributed by atoms with Crippen molar-refractivity contribution in [2.75, 3.05) is 24.5 Å². The molecule has 0 spiro atoms. The van der Waals surface area contributed by atoms with Gasteiger partial charge in [0.05, 0.1) is 0 Å². The SMILES string of the molecule is CCN(c1nncs1)C1CCCNC1. The van der Waals surface area contributed by atoms with E-state index in [0.29, 0.717) is 6.04 Å². The number of piperidine rings is 1. The third kappa shape index (κ3) is 2.04. The molecule has 78 valence electrons. The van der Waals surface area contributed by atoms with Gasteiger partial charge in [0.25, 0.3) is 0 Å². The first-order valence-electron chi connectivity index (χ1n) is 5.15. The van der Waals surface area contributed by atoms with Crippen molar-refractivity contribution in [1.82, 2.24) is 15.5 Å². The second-order valence-electron chi connectivity index (χ2n) is 3.51. The molecule has 1 aliphatic heterocycles. The molecule has 1 fully saturated rings. The van der Waals surface area contributed by atoms with E-state index in [1.54, 1.807) is 16.8 Å². The van der Waals surface area contributed by atoms with Crippen molar-refractivity contribution in [2.24, 2.45) is 0 Å². The molecule has 1 N–H and O–H groups in total. The van der Waals surface area contributed by atoms with E-state index in [1.807, 2.05) is 0 Å². The molecule has 1 unspecified atom stereocenters. The van der Waals surface area contributed by atoms with Crippen LogP contribution < -0.4 is 10.2 Å². The zero-order valence-electron chi connectivity index (χ0n) is 8.44. The van der Waals surface area contributed by atoms with E-state index in [4.69, 9.17) is 0 Å². The van der Waals surface area contributed by atoms with Crippen molar-refractivity contribution in [2.45, 2.75) is 25.8 Å². The van der Waals surface area contributed by atoms with Gasteiger partial charge < -0.3 is 10.2 Å². The monoisotopic (exact) mass is 212 g/mol. The summed E-state index contributed by atoms with van der Waals surface area (Å²) in [5, 5.41) is 12.5. The van der Waals surface area contributed by atoms with E-state index >= 15 is 0 Å². The molecule has 5 heteroatoms. The molecule has 0 amide bonds. The number of anilines is 1. The number of hydrogen-bond acceptors (Lipinski definition) is 5. The predicted molar refractivity (Wildman–Crippen MR) is 58.8 cm³/mol. The van der Waals surface area contributed by atoms with Crippen LogP contribution in [0.3, 0.4) is 0 Å². The minimum absolute atomic E-state index is 0.599. The van der Waals surface area contributed by atoms with Crippen LogP contribution in [0.4, 0.5) is 5.13 Å². The molecule has 0 bridgehead atoms. The molecule has 1 atom stereocenters. The van der Waals surface area contributed by atoms with Crippen molar-refractivity contribution in [3.8, 4) is 0 Å². The molecule has 1 aromatic rings. The first kappa shape index (κ1) is 9.86. The minimum Gasteiger partial charge on any atom is -0.343 e. The maximum Gasteiger partial charge on any atom is 0.208 e. The highest BCUT2D eigenvalue weighted by molar-refractivity contribution is 7.13. The second-order valence-corrected chi connectivity index (χ2v) is 4.32. The Hall–Kier alpha value is -0.680. The van der Waals surface area contributed by atoms with E-state index in [9.17, 15) is 0 Å². The Morgan fingerprint density at radius 3 is 3.21 bits per heavy atom. The van der Waals surface area contributed by atoms with Crippen LogP contribution >= 0.6 is 11.3 Å². The second kappa shape index (κ2) is 4.70. The minimum atomic E-state index is 0.599. The van der Waals surface area contributed by atoms with E-state index in [2.05, 4.69) is 27.3 Å². The molecule has 1 saturated heterocycles. The fourth-order valence-corrected chi connectivity index (χ4v) is 2.64. The van der Waals surface area contributed by atoms with Gasteiger partial charge in [0, 0.05) is 19.1 Å². The van der Waals surface area contributed by atoms with Gasteiger partial charge in [-0.15, -0.1) is 10.2 Å². The molecular weight excluding hydrogens is 196 g/mol. The Labute approximate surface area is 88.3 Å². The zero-order valence-corrected chi connectivity index (χ0v) is 9.26. The maximum atomic E-state index is 4.13. The molecule has 1 aromatic heterocycles. The van der Waals surface area contributed by atoms with Gasteiger partial charge in [0.1, 0.15) is 5.51 Å². The average Bonchev–Trinajstić information content (AvgIpc) is 2.74. The lowest BCUT2D eigenvalue weighted by Gasteiger charge is -2.33. The molecule has 2 rings (SSSR count). The molecule has 1 aliphatic rings. The fraction of sp³-hybridized carbons (Fsp3) is 0.778. The largest absolute Gasteiger partial charge is 0.343 e. The summed E-state index contributed by atoms with van der Waals surface area (Å²) in [5.74, 6) is 0. The summed E-state index contributed by atoms with van der Waals surface area (Å²) in [5.41, 5.74) is 1.80. The van der Waals surface area contributed by atoms with Gasteiger partial charge in [-0.25, -0.2) is 0 Å². The first-order valence-corrected chi connectivity index (χ1v) is 6.03. The van der Waals surface area contributed by atoms with Crippen molar-refractivity contribution in [3.63, 3.8) is 0 Å². The number of rotatable bonds is 3. The number of hydrogen-bond donors (Lipinski definition) is 1. The number of nitrogens with one attached hydrogen (secondary N) is 1. The van der Waals surface area contributed by atoms with Crippen LogP contribution in [-0.4, -0.2) is 35.9 Å². The van der Waals surface area contributed by atoms with Gasteiger partial charge >= 0.3 is 0 Å². The topological polar surface area (TPSA) is 41.1 Å². The van der Waals surface area contributed by atoms with Crippen LogP contribution in [0.5, 0.6) is 0 Å². The summed E-state index contributed by atoms with van der Waals surface area (Å²) in [7, 11) is 0. The Kier molecular flexibility index (Phi) is 3.31. The highest BCUT2D eigenvalue weighted by atomic mass is 32.1. The third-order valence-corrected chi connectivity index (χ3v) is 3.37. The fourth-order valence-electron chi connectivity index (χ4n) is 1.94. The van der Waals surface area contributed by atoms with Crippen molar-refractivity contribution in [3.05, 3.63) is 5.51 Å². The molecule has 4 nitrogen and oxygen atoms in total. The summed E-state index contributed by atoms with van der Waals surface area (Å²) in [6, 6.07) is 0.599. The highest BCUT2D eigenvalue weighted by Gasteiger charge is 2.21. The van der Waals surface area contributed by atoms with Gasteiger partial charge in [-0.1, -0.05) is 11.3 Å². The van der Waals surface area contributed by atoms with Crippen molar-refractivity contribution < 1.29 is 0 Å². The molecule has 0 aliphatic carbocycles. The van der Waals surface area contributed by atoms with Gasteiger partial charge in [-0.05, 0) is 26.3 Å². The van der Waals surface area contributed by atoms with Gasteiger partial charge in [-0.3, -0.25) is 0 Å². The van der Waals surface area contributed by atoms with Gasteiger partial charge in [0.2, 0.25) is 5.13 Å². The van der Waals surface area contributed by atoms with Crippen LogP contribution in [0.25, 0.3) is 0 Å². The standard InChI is InChI=1S/C9H16N4S/c1-2-13(9-12-11-7-14-9)8-4-3-5-10-6-8/h7-8,10H,2-6H2,1H3. The quantitative estimate of drug-likeness (QED) is 0.815.